The topological polar surface area (TPSA) is 78.6 Å². The van der Waals surface area contributed by atoms with Gasteiger partial charge in [0.1, 0.15) is 11.3 Å². The highest BCUT2D eigenvalue weighted by atomic mass is 16.5. The van der Waals surface area contributed by atoms with Crippen molar-refractivity contribution < 1.29 is 19.0 Å². The van der Waals surface area contributed by atoms with Gasteiger partial charge in [0, 0.05) is 0 Å². The minimum absolute atomic E-state index is 0.322. The first-order chi connectivity index (χ1) is 7.95. The Bertz CT molecular complexity index is 405. The SMILES string of the molecule is [B]OC(=O)[C@@](C)(N)CC(=O)Oc1ccccc1. The van der Waals surface area contributed by atoms with Crippen molar-refractivity contribution in [1.29, 1.82) is 0 Å². The lowest BCUT2D eigenvalue weighted by Crippen LogP contribution is -2.48. The monoisotopic (exact) mass is 233 g/mol. The first kappa shape index (κ1) is 13.3. The van der Waals surface area contributed by atoms with Gasteiger partial charge >= 0.3 is 20.0 Å². The zero-order valence-electron chi connectivity index (χ0n) is 9.38. The summed E-state index contributed by atoms with van der Waals surface area (Å²) in [6.07, 6.45) is -0.322. The van der Waals surface area contributed by atoms with Crippen molar-refractivity contribution in [3.63, 3.8) is 0 Å². The molecule has 0 heterocycles. The molecule has 6 heteroatoms. The number of para-hydroxylation sites is 1. The van der Waals surface area contributed by atoms with Crippen LogP contribution < -0.4 is 10.5 Å². The Morgan fingerprint density at radius 3 is 2.47 bits per heavy atom. The average molecular weight is 233 g/mol. The fraction of sp³-hybridized carbons (Fsp3) is 0.273. The summed E-state index contributed by atoms with van der Waals surface area (Å²) in [4.78, 5) is 22.6. The van der Waals surface area contributed by atoms with Crippen molar-refractivity contribution in [1.82, 2.24) is 0 Å². The van der Waals surface area contributed by atoms with Crippen LogP contribution in [0.2, 0.25) is 0 Å². The highest BCUT2D eigenvalue weighted by molar-refractivity contribution is 6.07. The second-order valence-electron chi connectivity index (χ2n) is 3.79. The molecule has 0 aliphatic carbocycles. The van der Waals surface area contributed by atoms with Crippen LogP contribution in [0.15, 0.2) is 30.3 Å². The molecule has 88 valence electrons. The maximum atomic E-state index is 11.5. The molecule has 1 aromatic rings. The lowest BCUT2D eigenvalue weighted by Gasteiger charge is -2.20. The van der Waals surface area contributed by atoms with Crippen molar-refractivity contribution in [3.8, 4) is 5.75 Å². The van der Waals surface area contributed by atoms with E-state index in [9.17, 15) is 9.59 Å². The van der Waals surface area contributed by atoms with Gasteiger partial charge in [-0.15, -0.1) is 0 Å². The Morgan fingerprint density at radius 1 is 1.35 bits per heavy atom. The minimum atomic E-state index is -1.50. The minimum Gasteiger partial charge on any atom is -0.542 e. The van der Waals surface area contributed by atoms with E-state index in [1.165, 1.54) is 6.92 Å². The third kappa shape index (κ3) is 3.92. The first-order valence-electron chi connectivity index (χ1n) is 4.91. The third-order valence-electron chi connectivity index (χ3n) is 2.06. The summed E-state index contributed by atoms with van der Waals surface area (Å²) in [6.45, 7) is 1.34. The summed E-state index contributed by atoms with van der Waals surface area (Å²) in [6, 6.07) is 8.47. The van der Waals surface area contributed by atoms with Crippen LogP contribution in [-0.4, -0.2) is 25.5 Å². The average Bonchev–Trinajstić information content (AvgIpc) is 2.28. The van der Waals surface area contributed by atoms with Crippen molar-refractivity contribution in [2.45, 2.75) is 18.9 Å². The van der Waals surface area contributed by atoms with E-state index in [2.05, 4.69) is 4.65 Å². The van der Waals surface area contributed by atoms with E-state index in [0.717, 1.165) is 0 Å². The molecular formula is C11H12BNO4. The lowest BCUT2D eigenvalue weighted by molar-refractivity contribution is -0.145. The Morgan fingerprint density at radius 2 is 1.94 bits per heavy atom. The Kier molecular flexibility index (Phi) is 4.28. The van der Waals surface area contributed by atoms with Crippen LogP contribution in [0.3, 0.4) is 0 Å². The molecule has 1 rings (SSSR count). The molecule has 0 bridgehead atoms. The summed E-state index contributed by atoms with van der Waals surface area (Å²) >= 11 is 0. The molecule has 0 spiro atoms. The fourth-order valence-corrected chi connectivity index (χ4v) is 1.16. The molecule has 0 aliphatic rings. The van der Waals surface area contributed by atoms with Gasteiger partial charge in [0.2, 0.25) is 0 Å². The molecule has 2 radical (unpaired) electrons. The van der Waals surface area contributed by atoms with Gasteiger partial charge in [-0.1, -0.05) is 18.2 Å². The third-order valence-corrected chi connectivity index (χ3v) is 2.06. The molecule has 0 saturated carbocycles. The highest BCUT2D eigenvalue weighted by Gasteiger charge is 2.32. The Balaban J connectivity index is 2.59. The van der Waals surface area contributed by atoms with E-state index in [0.29, 0.717) is 5.75 Å². The zero-order chi connectivity index (χ0) is 12.9. The largest absolute Gasteiger partial charge is 0.542 e. The van der Waals surface area contributed by atoms with E-state index in [1.54, 1.807) is 30.3 Å². The second-order valence-corrected chi connectivity index (χ2v) is 3.79. The molecule has 1 aromatic carbocycles. The normalized spacial score (nSPS) is 13.5. The summed E-state index contributed by atoms with van der Waals surface area (Å²) < 4.78 is 8.97. The molecule has 2 N–H and O–H groups in total. The van der Waals surface area contributed by atoms with Gasteiger partial charge < -0.3 is 15.1 Å². The maximum Gasteiger partial charge on any atom is 0.378 e. The molecule has 17 heavy (non-hydrogen) atoms. The van der Waals surface area contributed by atoms with Crippen LogP contribution >= 0.6 is 0 Å². The van der Waals surface area contributed by atoms with Gasteiger partial charge in [0.15, 0.2) is 0 Å². The van der Waals surface area contributed by atoms with E-state index in [4.69, 9.17) is 18.5 Å². The van der Waals surface area contributed by atoms with Crippen LogP contribution in [-0.2, 0) is 14.2 Å². The summed E-state index contributed by atoms with van der Waals surface area (Å²) in [5.74, 6) is -1.12. The van der Waals surface area contributed by atoms with Crippen LogP contribution in [0.4, 0.5) is 0 Å². The Hall–Kier alpha value is -1.82. The van der Waals surface area contributed by atoms with E-state index in [-0.39, 0.29) is 6.42 Å². The molecule has 5 nitrogen and oxygen atoms in total. The summed E-state index contributed by atoms with van der Waals surface area (Å²) in [7, 11) is 4.70. The zero-order valence-corrected chi connectivity index (χ0v) is 9.38. The van der Waals surface area contributed by atoms with Gasteiger partial charge in [0.05, 0.1) is 6.42 Å². The summed E-state index contributed by atoms with van der Waals surface area (Å²) in [5.41, 5.74) is 4.07. The number of esters is 1. The van der Waals surface area contributed by atoms with Crippen molar-refractivity contribution in [3.05, 3.63) is 30.3 Å². The fourth-order valence-electron chi connectivity index (χ4n) is 1.16. The quantitative estimate of drug-likeness (QED) is 0.460. The predicted octanol–water partition coefficient (Wildman–Crippen LogP) is 0.326. The van der Waals surface area contributed by atoms with Gasteiger partial charge in [-0.2, -0.15) is 0 Å². The van der Waals surface area contributed by atoms with Crippen LogP contribution in [0.25, 0.3) is 0 Å². The molecule has 0 unspecified atom stereocenters. The van der Waals surface area contributed by atoms with Crippen LogP contribution in [0.5, 0.6) is 5.75 Å². The number of rotatable bonds is 4. The number of carbonyl (C=O) groups is 2. The number of ether oxygens (including phenoxy) is 1. The molecule has 0 aromatic heterocycles. The van der Waals surface area contributed by atoms with Gasteiger partial charge in [-0.3, -0.25) is 9.59 Å². The molecule has 0 aliphatic heterocycles. The van der Waals surface area contributed by atoms with E-state index in [1.807, 2.05) is 0 Å². The van der Waals surface area contributed by atoms with E-state index < -0.39 is 17.5 Å². The number of nitrogens with two attached hydrogens (primary N) is 1. The van der Waals surface area contributed by atoms with Crippen molar-refractivity contribution >= 4 is 20.0 Å². The molecule has 0 amide bonds. The first-order valence-corrected chi connectivity index (χ1v) is 4.91. The Labute approximate surface area is 100 Å². The molecule has 0 saturated heterocycles. The second kappa shape index (κ2) is 5.49. The van der Waals surface area contributed by atoms with Gasteiger partial charge in [-0.05, 0) is 19.1 Å². The highest BCUT2D eigenvalue weighted by Crippen LogP contribution is 2.13. The lowest BCUT2D eigenvalue weighted by atomic mass is 9.99. The van der Waals surface area contributed by atoms with E-state index >= 15 is 0 Å². The smallest absolute Gasteiger partial charge is 0.378 e. The van der Waals surface area contributed by atoms with Crippen molar-refractivity contribution in [2.75, 3.05) is 0 Å². The molecule has 0 fully saturated rings. The number of carbonyl (C=O) groups excluding carboxylic acids is 2. The molecule has 1 atom stereocenters. The van der Waals surface area contributed by atoms with Crippen LogP contribution in [0, 0.1) is 0 Å². The number of hydrogen-bond donors (Lipinski definition) is 1. The predicted molar refractivity (Wildman–Crippen MR) is 61.1 cm³/mol. The standard InChI is InChI=1S/C11H12BNO4/c1-11(13,10(15)17-12)7-9(14)16-8-5-3-2-4-6-8/h2-6H,7,13H2,1H3/t11-/m0/s1. The van der Waals surface area contributed by atoms with Gasteiger partial charge in [0.25, 0.3) is 0 Å². The molecular weight excluding hydrogens is 221 g/mol. The maximum absolute atomic E-state index is 11.5. The number of benzene rings is 1. The van der Waals surface area contributed by atoms with Gasteiger partial charge in [-0.25, -0.2) is 0 Å². The number of hydrogen-bond acceptors (Lipinski definition) is 5. The van der Waals surface area contributed by atoms with Crippen molar-refractivity contribution in [2.24, 2.45) is 5.73 Å². The summed E-state index contributed by atoms with van der Waals surface area (Å²) in [5, 5.41) is 0. The van der Waals surface area contributed by atoms with Crippen LogP contribution in [0.1, 0.15) is 13.3 Å².